The van der Waals surface area contributed by atoms with Crippen LogP contribution < -0.4 is 10.1 Å². The molecule has 6 heteroatoms. The van der Waals surface area contributed by atoms with Crippen molar-refractivity contribution in [3.05, 3.63) is 22.7 Å². The predicted molar refractivity (Wildman–Crippen MR) is 62.7 cm³/mol. The van der Waals surface area contributed by atoms with Crippen molar-refractivity contribution in [2.75, 3.05) is 5.32 Å². The molecule has 1 rings (SSSR count). The molecule has 0 saturated carbocycles. The summed E-state index contributed by atoms with van der Waals surface area (Å²) in [4.78, 5) is 0. The molecule has 0 saturated heterocycles. The molecule has 1 unspecified atom stereocenters. The first kappa shape index (κ1) is 13.7. The second kappa shape index (κ2) is 5.32. The van der Waals surface area contributed by atoms with Gasteiger partial charge in [-0.1, -0.05) is 5.92 Å². The van der Waals surface area contributed by atoms with Crippen LogP contribution in [0.25, 0.3) is 0 Å². The van der Waals surface area contributed by atoms with Crippen LogP contribution in [-0.4, -0.2) is 12.4 Å². The molecule has 0 amide bonds. The Bertz CT molecular complexity index is 439. The number of halogens is 4. The Hall–Kier alpha value is -1.35. The van der Waals surface area contributed by atoms with E-state index in [0.29, 0.717) is 5.69 Å². The maximum Gasteiger partial charge on any atom is 0.573 e. The standard InChI is InChI=1S/C11H9BrF3NO/c1-3-7(2)16-8-4-5-10(9(12)6-8)17-11(13,14)15/h1,4-7,16H,2H3. The fourth-order valence-electron chi connectivity index (χ4n) is 1.09. The highest BCUT2D eigenvalue weighted by Crippen LogP contribution is 2.32. The van der Waals surface area contributed by atoms with Gasteiger partial charge in [0.05, 0.1) is 10.5 Å². The molecule has 0 aromatic heterocycles. The highest BCUT2D eigenvalue weighted by Gasteiger charge is 2.31. The lowest BCUT2D eigenvalue weighted by Gasteiger charge is -2.13. The van der Waals surface area contributed by atoms with E-state index in [2.05, 4.69) is 31.9 Å². The largest absolute Gasteiger partial charge is 0.573 e. The van der Waals surface area contributed by atoms with E-state index in [0.717, 1.165) is 0 Å². The number of terminal acetylenes is 1. The summed E-state index contributed by atoms with van der Waals surface area (Å²) in [6.45, 7) is 1.76. The smallest absolute Gasteiger partial charge is 0.405 e. The Labute approximate surface area is 105 Å². The molecule has 0 aliphatic carbocycles. The molecule has 1 atom stereocenters. The SMILES string of the molecule is C#CC(C)Nc1ccc(OC(F)(F)F)c(Br)c1. The van der Waals surface area contributed by atoms with Gasteiger partial charge in [0.1, 0.15) is 5.75 Å². The van der Waals surface area contributed by atoms with Gasteiger partial charge >= 0.3 is 6.36 Å². The van der Waals surface area contributed by atoms with E-state index in [1.165, 1.54) is 18.2 Å². The second-order valence-electron chi connectivity index (χ2n) is 3.23. The maximum absolute atomic E-state index is 12.0. The van der Waals surface area contributed by atoms with E-state index in [9.17, 15) is 13.2 Å². The van der Waals surface area contributed by atoms with Crippen molar-refractivity contribution in [2.45, 2.75) is 19.3 Å². The van der Waals surface area contributed by atoms with Gasteiger partial charge in [0.2, 0.25) is 0 Å². The van der Waals surface area contributed by atoms with Crippen LogP contribution in [0.2, 0.25) is 0 Å². The van der Waals surface area contributed by atoms with Crippen LogP contribution in [-0.2, 0) is 0 Å². The minimum atomic E-state index is -4.70. The number of hydrogen-bond donors (Lipinski definition) is 1. The average Bonchev–Trinajstić information content (AvgIpc) is 2.20. The van der Waals surface area contributed by atoms with Gasteiger partial charge in [-0.25, -0.2) is 0 Å². The monoisotopic (exact) mass is 307 g/mol. The molecule has 92 valence electrons. The maximum atomic E-state index is 12.0. The Balaban J connectivity index is 2.84. The number of alkyl halides is 3. The minimum absolute atomic E-state index is 0.198. The highest BCUT2D eigenvalue weighted by atomic mass is 79.9. The number of nitrogens with one attached hydrogen (secondary N) is 1. The lowest BCUT2D eigenvalue weighted by atomic mass is 10.2. The Morgan fingerprint density at radius 2 is 2.12 bits per heavy atom. The van der Waals surface area contributed by atoms with Crippen LogP contribution in [0.1, 0.15) is 6.92 Å². The van der Waals surface area contributed by atoms with Crippen LogP contribution in [0.3, 0.4) is 0 Å². The summed E-state index contributed by atoms with van der Waals surface area (Å²) in [6, 6.07) is 3.92. The van der Waals surface area contributed by atoms with Crippen molar-refractivity contribution in [2.24, 2.45) is 0 Å². The van der Waals surface area contributed by atoms with Gasteiger partial charge in [0.25, 0.3) is 0 Å². The molecule has 0 aliphatic rings. The highest BCUT2D eigenvalue weighted by molar-refractivity contribution is 9.10. The molecule has 1 aromatic rings. The fraction of sp³-hybridized carbons (Fsp3) is 0.273. The number of anilines is 1. The van der Waals surface area contributed by atoms with Crippen LogP contribution in [0.15, 0.2) is 22.7 Å². The molecule has 0 heterocycles. The second-order valence-corrected chi connectivity index (χ2v) is 4.08. The summed E-state index contributed by atoms with van der Waals surface area (Å²) in [7, 11) is 0. The number of hydrogen-bond acceptors (Lipinski definition) is 2. The molecule has 2 nitrogen and oxygen atoms in total. The van der Waals surface area contributed by atoms with Crippen LogP contribution >= 0.6 is 15.9 Å². The molecule has 0 aliphatic heterocycles. The van der Waals surface area contributed by atoms with E-state index in [4.69, 9.17) is 6.42 Å². The topological polar surface area (TPSA) is 21.3 Å². The molecule has 1 aromatic carbocycles. The van der Waals surface area contributed by atoms with E-state index in [1.807, 2.05) is 0 Å². The van der Waals surface area contributed by atoms with Gasteiger partial charge in [-0.3, -0.25) is 0 Å². The summed E-state index contributed by atoms with van der Waals surface area (Å²) in [5.74, 6) is 2.15. The Morgan fingerprint density at radius 1 is 1.47 bits per heavy atom. The zero-order valence-corrected chi connectivity index (χ0v) is 10.4. The Morgan fingerprint density at radius 3 is 2.59 bits per heavy atom. The normalized spacial score (nSPS) is 12.7. The summed E-state index contributed by atoms with van der Waals surface area (Å²) < 4.78 is 40.0. The summed E-state index contributed by atoms with van der Waals surface area (Å²) >= 11 is 2.99. The van der Waals surface area contributed by atoms with E-state index in [-0.39, 0.29) is 16.3 Å². The third-order valence-corrected chi connectivity index (χ3v) is 2.41. The van der Waals surface area contributed by atoms with Crippen molar-refractivity contribution in [3.8, 4) is 18.1 Å². The molecule has 0 radical (unpaired) electrons. The molecule has 17 heavy (non-hydrogen) atoms. The molecule has 0 spiro atoms. The van der Waals surface area contributed by atoms with Gasteiger partial charge in [-0.15, -0.1) is 19.6 Å². The first-order valence-corrected chi connectivity index (χ1v) is 5.39. The number of rotatable bonds is 3. The van der Waals surface area contributed by atoms with E-state index in [1.54, 1.807) is 6.92 Å². The molecule has 0 bridgehead atoms. The predicted octanol–water partition coefficient (Wildman–Crippen LogP) is 3.78. The van der Waals surface area contributed by atoms with Gasteiger partial charge in [-0.05, 0) is 41.1 Å². The molecule has 0 fully saturated rings. The third-order valence-electron chi connectivity index (χ3n) is 1.79. The van der Waals surface area contributed by atoms with E-state index < -0.39 is 6.36 Å². The first-order chi connectivity index (χ1) is 7.81. The first-order valence-electron chi connectivity index (χ1n) is 4.60. The van der Waals surface area contributed by atoms with E-state index >= 15 is 0 Å². The quantitative estimate of drug-likeness (QED) is 0.858. The zero-order chi connectivity index (χ0) is 13.1. The van der Waals surface area contributed by atoms with Crippen molar-refractivity contribution in [3.63, 3.8) is 0 Å². The number of ether oxygens (including phenoxy) is 1. The molecular formula is C11H9BrF3NO. The summed E-state index contributed by atoms with van der Waals surface area (Å²) in [5.41, 5.74) is 0.608. The van der Waals surface area contributed by atoms with Gasteiger partial charge in [0, 0.05) is 5.69 Å². The van der Waals surface area contributed by atoms with Gasteiger partial charge in [0.15, 0.2) is 0 Å². The zero-order valence-electron chi connectivity index (χ0n) is 8.81. The third kappa shape index (κ3) is 4.57. The van der Waals surface area contributed by atoms with Crippen LogP contribution in [0, 0.1) is 12.3 Å². The van der Waals surface area contributed by atoms with Crippen molar-refractivity contribution < 1.29 is 17.9 Å². The molecule has 1 N–H and O–H groups in total. The summed E-state index contributed by atoms with van der Waals surface area (Å²) in [6.07, 6.45) is 0.469. The average molecular weight is 308 g/mol. The van der Waals surface area contributed by atoms with Gasteiger partial charge < -0.3 is 10.1 Å². The molecular weight excluding hydrogens is 299 g/mol. The fourth-order valence-corrected chi connectivity index (χ4v) is 1.55. The van der Waals surface area contributed by atoms with Gasteiger partial charge in [-0.2, -0.15) is 0 Å². The van der Waals surface area contributed by atoms with Crippen LogP contribution in [0.4, 0.5) is 18.9 Å². The van der Waals surface area contributed by atoms with Crippen molar-refractivity contribution in [1.82, 2.24) is 0 Å². The Kier molecular flexibility index (Phi) is 4.29. The minimum Gasteiger partial charge on any atom is -0.405 e. The summed E-state index contributed by atoms with van der Waals surface area (Å²) in [5, 5.41) is 2.92. The lowest BCUT2D eigenvalue weighted by Crippen LogP contribution is -2.17. The van der Waals surface area contributed by atoms with Crippen molar-refractivity contribution in [1.29, 1.82) is 0 Å². The van der Waals surface area contributed by atoms with Crippen LogP contribution in [0.5, 0.6) is 5.75 Å². The van der Waals surface area contributed by atoms with Crippen molar-refractivity contribution >= 4 is 21.6 Å². The lowest BCUT2D eigenvalue weighted by molar-refractivity contribution is -0.274. The number of benzene rings is 1.